The number of halogens is 1. The molecule has 128 valence electrons. The third-order valence-corrected chi connectivity index (χ3v) is 4.96. The van der Waals surface area contributed by atoms with Gasteiger partial charge in [-0.3, -0.25) is 9.59 Å². The van der Waals surface area contributed by atoms with Crippen LogP contribution in [0.2, 0.25) is 0 Å². The number of aromatic nitrogens is 1. The van der Waals surface area contributed by atoms with Crippen LogP contribution in [0, 0.1) is 11.8 Å². The van der Waals surface area contributed by atoms with Crippen LogP contribution >= 0.6 is 15.9 Å². The molecule has 0 bridgehead atoms. The number of carboxylic acids is 1. The molecule has 2 heterocycles. The van der Waals surface area contributed by atoms with Gasteiger partial charge in [-0.05, 0) is 43.0 Å². The summed E-state index contributed by atoms with van der Waals surface area (Å²) < 4.78 is 6.22. The first-order chi connectivity index (χ1) is 11.5. The third-order valence-electron chi connectivity index (χ3n) is 4.46. The minimum atomic E-state index is -0.872. The Morgan fingerprint density at radius 3 is 2.79 bits per heavy atom. The van der Waals surface area contributed by atoms with Crippen LogP contribution in [0.15, 0.2) is 28.7 Å². The number of nitrogens with one attached hydrogen (secondary N) is 2. The van der Waals surface area contributed by atoms with E-state index in [4.69, 9.17) is 4.74 Å². The predicted octanol–water partition coefficient (Wildman–Crippen LogP) is 2.79. The normalized spacial score (nSPS) is 16.9. The van der Waals surface area contributed by atoms with Crippen LogP contribution in [0.5, 0.6) is 0 Å². The second kappa shape index (κ2) is 7.36. The molecule has 1 aliphatic heterocycles. The molecule has 6 nitrogen and oxygen atoms in total. The highest BCUT2D eigenvalue weighted by molar-refractivity contribution is 9.10. The van der Waals surface area contributed by atoms with Crippen LogP contribution in [0.4, 0.5) is 0 Å². The highest BCUT2D eigenvalue weighted by Gasteiger charge is 2.30. The monoisotopic (exact) mass is 394 g/mol. The molecular formula is C17H19BrN2O4. The number of carbonyl (C=O) groups is 2. The van der Waals surface area contributed by atoms with E-state index in [0.29, 0.717) is 31.7 Å². The van der Waals surface area contributed by atoms with E-state index in [9.17, 15) is 14.7 Å². The number of fused-ring (bicyclic) bond motifs is 1. The summed E-state index contributed by atoms with van der Waals surface area (Å²) in [5.74, 6) is -1.71. The molecule has 1 atom stereocenters. The van der Waals surface area contributed by atoms with Gasteiger partial charge >= 0.3 is 5.97 Å². The Labute approximate surface area is 147 Å². The molecule has 24 heavy (non-hydrogen) atoms. The van der Waals surface area contributed by atoms with Gasteiger partial charge in [-0.2, -0.15) is 0 Å². The maximum Gasteiger partial charge on any atom is 0.308 e. The van der Waals surface area contributed by atoms with Crippen molar-refractivity contribution in [1.29, 1.82) is 0 Å². The Hall–Kier alpha value is -1.86. The van der Waals surface area contributed by atoms with E-state index in [1.54, 1.807) is 6.07 Å². The maximum absolute atomic E-state index is 12.3. The fourth-order valence-electron chi connectivity index (χ4n) is 3.10. The number of rotatable bonds is 5. The fourth-order valence-corrected chi connectivity index (χ4v) is 3.48. The lowest BCUT2D eigenvalue weighted by Gasteiger charge is -2.27. The summed E-state index contributed by atoms with van der Waals surface area (Å²) in [6.07, 6.45) is 1.43. The van der Waals surface area contributed by atoms with Crippen molar-refractivity contribution in [1.82, 2.24) is 10.3 Å². The number of carbonyl (C=O) groups excluding carboxylic acids is 1. The number of carboxylic acid groups (broad SMARTS) is 1. The minimum absolute atomic E-state index is 0.0372. The van der Waals surface area contributed by atoms with Crippen LogP contribution in [0.3, 0.4) is 0 Å². The first-order valence-corrected chi connectivity index (χ1v) is 8.71. The van der Waals surface area contributed by atoms with E-state index in [1.807, 2.05) is 18.2 Å². The average molecular weight is 395 g/mol. The molecule has 1 saturated heterocycles. The summed E-state index contributed by atoms with van der Waals surface area (Å²) in [5.41, 5.74) is 1.29. The number of aromatic amines is 1. The Morgan fingerprint density at radius 1 is 1.33 bits per heavy atom. The predicted molar refractivity (Wildman–Crippen MR) is 93.0 cm³/mol. The molecule has 0 saturated carbocycles. The van der Waals surface area contributed by atoms with Gasteiger partial charge in [0, 0.05) is 35.1 Å². The molecule has 1 unspecified atom stereocenters. The van der Waals surface area contributed by atoms with Crippen molar-refractivity contribution < 1.29 is 19.4 Å². The number of ether oxygens (including phenoxy) is 1. The number of benzene rings is 1. The quantitative estimate of drug-likeness (QED) is 0.726. The number of H-pyrrole nitrogens is 1. The van der Waals surface area contributed by atoms with Gasteiger partial charge in [0.1, 0.15) is 5.69 Å². The van der Waals surface area contributed by atoms with E-state index in [-0.39, 0.29) is 18.4 Å². The van der Waals surface area contributed by atoms with Crippen LogP contribution in [-0.2, 0) is 9.53 Å². The largest absolute Gasteiger partial charge is 0.481 e. The smallest absolute Gasteiger partial charge is 0.308 e. The van der Waals surface area contributed by atoms with Gasteiger partial charge in [-0.25, -0.2) is 0 Å². The van der Waals surface area contributed by atoms with Crippen molar-refractivity contribution in [3.05, 3.63) is 34.4 Å². The van der Waals surface area contributed by atoms with E-state index in [0.717, 1.165) is 15.4 Å². The van der Waals surface area contributed by atoms with Gasteiger partial charge in [0.15, 0.2) is 0 Å². The van der Waals surface area contributed by atoms with Gasteiger partial charge in [0.25, 0.3) is 5.91 Å². The summed E-state index contributed by atoms with van der Waals surface area (Å²) in [4.78, 5) is 26.9. The molecule has 1 aromatic heterocycles. The van der Waals surface area contributed by atoms with E-state index in [2.05, 4.69) is 26.2 Å². The number of hydrogen-bond donors (Lipinski definition) is 3. The van der Waals surface area contributed by atoms with Crippen molar-refractivity contribution in [3.63, 3.8) is 0 Å². The van der Waals surface area contributed by atoms with Crippen molar-refractivity contribution >= 4 is 38.7 Å². The topological polar surface area (TPSA) is 91.4 Å². The Balaban J connectivity index is 1.67. The lowest BCUT2D eigenvalue weighted by molar-refractivity contribution is -0.144. The Bertz CT molecular complexity index is 752. The molecule has 2 aromatic rings. The molecule has 0 radical (unpaired) electrons. The van der Waals surface area contributed by atoms with Gasteiger partial charge in [0.2, 0.25) is 0 Å². The highest BCUT2D eigenvalue weighted by atomic mass is 79.9. The zero-order valence-electron chi connectivity index (χ0n) is 13.0. The van der Waals surface area contributed by atoms with Crippen LogP contribution in [-0.4, -0.2) is 41.7 Å². The van der Waals surface area contributed by atoms with E-state index in [1.165, 1.54) is 0 Å². The van der Waals surface area contributed by atoms with Crippen molar-refractivity contribution in [2.75, 3.05) is 19.8 Å². The molecule has 1 fully saturated rings. The second-order valence-corrected chi connectivity index (χ2v) is 6.93. The van der Waals surface area contributed by atoms with Gasteiger partial charge in [0.05, 0.1) is 5.92 Å². The van der Waals surface area contributed by atoms with E-state index < -0.39 is 11.9 Å². The van der Waals surface area contributed by atoms with E-state index >= 15 is 0 Å². The van der Waals surface area contributed by atoms with Gasteiger partial charge in [-0.15, -0.1) is 0 Å². The highest BCUT2D eigenvalue weighted by Crippen LogP contribution is 2.24. The SMILES string of the molecule is O=C(NCC(C(=O)O)C1CCOCC1)c1cc2cc(Br)ccc2[nH]1. The number of hydrogen-bond acceptors (Lipinski definition) is 3. The second-order valence-electron chi connectivity index (χ2n) is 6.02. The van der Waals surface area contributed by atoms with Crippen LogP contribution in [0.25, 0.3) is 10.9 Å². The van der Waals surface area contributed by atoms with Crippen LogP contribution in [0.1, 0.15) is 23.3 Å². The zero-order chi connectivity index (χ0) is 17.1. The van der Waals surface area contributed by atoms with Gasteiger partial charge < -0.3 is 20.1 Å². The Morgan fingerprint density at radius 2 is 2.08 bits per heavy atom. The number of aliphatic carboxylic acids is 1. The van der Waals surface area contributed by atoms with Crippen molar-refractivity contribution in [2.24, 2.45) is 11.8 Å². The lowest BCUT2D eigenvalue weighted by Crippen LogP contribution is -2.39. The summed E-state index contributed by atoms with van der Waals surface area (Å²) in [6.45, 7) is 1.29. The summed E-state index contributed by atoms with van der Waals surface area (Å²) >= 11 is 3.40. The first-order valence-electron chi connectivity index (χ1n) is 7.91. The summed E-state index contributed by atoms with van der Waals surface area (Å²) in [5, 5.41) is 13.1. The fraction of sp³-hybridized carbons (Fsp3) is 0.412. The standard InChI is InChI=1S/C17H19BrN2O4/c18-12-1-2-14-11(7-12)8-15(20-14)16(21)19-9-13(17(22)23)10-3-5-24-6-4-10/h1-2,7-8,10,13,20H,3-6,9H2,(H,19,21)(H,22,23). The Kier molecular flexibility index (Phi) is 5.20. The molecule has 0 aliphatic carbocycles. The molecular weight excluding hydrogens is 376 g/mol. The summed E-state index contributed by atoms with van der Waals surface area (Å²) in [7, 11) is 0. The first kappa shape index (κ1) is 17.0. The lowest BCUT2D eigenvalue weighted by atomic mass is 9.86. The average Bonchev–Trinajstić information content (AvgIpc) is 2.98. The zero-order valence-corrected chi connectivity index (χ0v) is 14.6. The minimum Gasteiger partial charge on any atom is -0.481 e. The molecule has 1 amide bonds. The van der Waals surface area contributed by atoms with Crippen LogP contribution < -0.4 is 5.32 Å². The third kappa shape index (κ3) is 3.79. The molecule has 0 spiro atoms. The maximum atomic E-state index is 12.3. The van der Waals surface area contributed by atoms with Crippen molar-refractivity contribution in [2.45, 2.75) is 12.8 Å². The molecule has 1 aromatic carbocycles. The van der Waals surface area contributed by atoms with Gasteiger partial charge in [-0.1, -0.05) is 15.9 Å². The summed E-state index contributed by atoms with van der Waals surface area (Å²) in [6, 6.07) is 7.47. The van der Waals surface area contributed by atoms with Crippen molar-refractivity contribution in [3.8, 4) is 0 Å². The molecule has 3 N–H and O–H groups in total. The molecule has 1 aliphatic rings. The number of amides is 1. The molecule has 3 rings (SSSR count). The molecule has 7 heteroatoms.